The number of carbonyl (C=O) groups is 1. The van der Waals surface area contributed by atoms with E-state index >= 15 is 0 Å². The predicted octanol–water partition coefficient (Wildman–Crippen LogP) is 6.09. The lowest BCUT2D eigenvalue weighted by Gasteiger charge is -2.14. The van der Waals surface area contributed by atoms with Crippen molar-refractivity contribution in [1.29, 1.82) is 0 Å². The summed E-state index contributed by atoms with van der Waals surface area (Å²) in [6.45, 7) is 0. The zero-order valence-electron chi connectivity index (χ0n) is 17.2. The monoisotopic (exact) mass is 541 g/mol. The van der Waals surface area contributed by atoms with Gasteiger partial charge in [0.15, 0.2) is 0 Å². The number of carbonyl (C=O) groups excluding carboxylic acids is 1. The SMILES string of the molecule is O=C(c1ccccc1-c1ncco1)c1ncc(Cl)cc1NS(=O)(=O)c1ccc(C(F)(F)F)c(Cl)c1. The molecule has 0 atom stereocenters. The third kappa shape index (κ3) is 5.16. The summed E-state index contributed by atoms with van der Waals surface area (Å²) in [5, 5.41) is -0.800. The smallest absolute Gasteiger partial charge is 0.417 e. The molecule has 1 N–H and O–H groups in total. The number of alkyl halides is 3. The van der Waals surface area contributed by atoms with Crippen molar-refractivity contribution in [2.45, 2.75) is 11.1 Å². The van der Waals surface area contributed by atoms with Crippen molar-refractivity contribution in [1.82, 2.24) is 9.97 Å². The lowest BCUT2D eigenvalue weighted by Crippen LogP contribution is -2.18. The maximum atomic E-state index is 13.4. The number of benzene rings is 2. The molecule has 2 aromatic carbocycles. The number of nitrogens with one attached hydrogen (secondary N) is 1. The van der Waals surface area contributed by atoms with E-state index in [1.54, 1.807) is 18.2 Å². The summed E-state index contributed by atoms with van der Waals surface area (Å²) in [6.07, 6.45) is -0.896. The Morgan fingerprint density at radius 2 is 1.77 bits per heavy atom. The van der Waals surface area contributed by atoms with Crippen molar-refractivity contribution in [3.63, 3.8) is 0 Å². The lowest BCUT2D eigenvalue weighted by atomic mass is 10.0. The third-order valence-electron chi connectivity index (χ3n) is 4.70. The van der Waals surface area contributed by atoms with Crippen LogP contribution >= 0.6 is 23.2 Å². The highest BCUT2D eigenvalue weighted by Gasteiger charge is 2.34. The van der Waals surface area contributed by atoms with Crippen LogP contribution in [0.4, 0.5) is 18.9 Å². The molecule has 0 saturated heterocycles. The average molecular weight is 542 g/mol. The van der Waals surface area contributed by atoms with E-state index in [9.17, 15) is 26.4 Å². The molecular weight excluding hydrogens is 530 g/mol. The molecule has 13 heteroatoms. The highest BCUT2D eigenvalue weighted by atomic mass is 35.5. The molecule has 0 radical (unpaired) electrons. The zero-order chi connectivity index (χ0) is 25.4. The first-order chi connectivity index (χ1) is 16.5. The first kappa shape index (κ1) is 24.7. The van der Waals surface area contributed by atoms with Gasteiger partial charge in [0.25, 0.3) is 10.0 Å². The van der Waals surface area contributed by atoms with E-state index in [2.05, 4.69) is 14.7 Å². The van der Waals surface area contributed by atoms with Crippen LogP contribution in [0.5, 0.6) is 0 Å². The van der Waals surface area contributed by atoms with E-state index in [1.807, 2.05) is 0 Å². The molecule has 4 rings (SSSR count). The maximum Gasteiger partial charge on any atom is 0.417 e. The zero-order valence-corrected chi connectivity index (χ0v) is 19.5. The molecule has 4 aromatic rings. The quantitative estimate of drug-likeness (QED) is 0.296. The molecule has 0 aliphatic carbocycles. The van der Waals surface area contributed by atoms with Gasteiger partial charge in [0, 0.05) is 17.3 Å². The molecule has 0 aliphatic rings. The van der Waals surface area contributed by atoms with Crippen LogP contribution in [0.3, 0.4) is 0 Å². The Morgan fingerprint density at radius 3 is 2.43 bits per heavy atom. The van der Waals surface area contributed by atoms with Gasteiger partial charge in [0.1, 0.15) is 12.0 Å². The van der Waals surface area contributed by atoms with Gasteiger partial charge in [-0.1, -0.05) is 41.4 Å². The number of hydrogen-bond acceptors (Lipinski definition) is 6. The van der Waals surface area contributed by atoms with Gasteiger partial charge >= 0.3 is 6.18 Å². The number of oxazole rings is 1. The van der Waals surface area contributed by atoms with Crippen LogP contribution in [-0.2, 0) is 16.2 Å². The van der Waals surface area contributed by atoms with Crippen molar-refractivity contribution >= 4 is 44.7 Å². The number of rotatable bonds is 6. The Morgan fingerprint density at radius 1 is 1.03 bits per heavy atom. The molecule has 0 amide bonds. The van der Waals surface area contributed by atoms with Crippen LogP contribution in [0.2, 0.25) is 10.0 Å². The van der Waals surface area contributed by atoms with E-state index in [0.29, 0.717) is 17.7 Å². The normalized spacial score (nSPS) is 11.9. The molecule has 7 nitrogen and oxygen atoms in total. The summed E-state index contributed by atoms with van der Waals surface area (Å²) in [5.74, 6) is -0.525. The highest BCUT2D eigenvalue weighted by molar-refractivity contribution is 7.92. The van der Waals surface area contributed by atoms with E-state index in [0.717, 1.165) is 18.3 Å². The molecule has 0 spiro atoms. The fourth-order valence-corrected chi connectivity index (χ4v) is 4.74. The van der Waals surface area contributed by atoms with Gasteiger partial charge in [0.05, 0.1) is 32.4 Å². The molecule has 0 saturated carbocycles. The maximum absolute atomic E-state index is 13.4. The Labute approximate surface area is 206 Å². The van der Waals surface area contributed by atoms with Gasteiger partial charge in [-0.05, 0) is 30.3 Å². The van der Waals surface area contributed by atoms with Gasteiger partial charge in [-0.25, -0.2) is 18.4 Å². The van der Waals surface area contributed by atoms with Gasteiger partial charge in [0.2, 0.25) is 11.7 Å². The number of nitrogens with zero attached hydrogens (tertiary/aromatic N) is 2. The van der Waals surface area contributed by atoms with Crippen LogP contribution in [-0.4, -0.2) is 24.2 Å². The van der Waals surface area contributed by atoms with E-state index in [1.165, 1.54) is 18.5 Å². The van der Waals surface area contributed by atoms with Crippen LogP contribution in [0.15, 0.2) is 76.5 Å². The van der Waals surface area contributed by atoms with Crippen molar-refractivity contribution in [2.75, 3.05) is 4.72 Å². The second kappa shape index (κ2) is 9.33. The summed E-state index contributed by atoms with van der Waals surface area (Å²) >= 11 is 11.6. The van der Waals surface area contributed by atoms with Gasteiger partial charge in [-0.3, -0.25) is 9.52 Å². The number of pyridine rings is 1. The van der Waals surface area contributed by atoms with Crippen molar-refractivity contribution in [3.05, 3.63) is 94.1 Å². The minimum atomic E-state index is -4.76. The van der Waals surface area contributed by atoms with Gasteiger partial charge in [-0.15, -0.1) is 0 Å². The van der Waals surface area contributed by atoms with Gasteiger partial charge in [-0.2, -0.15) is 13.2 Å². The number of sulfonamides is 1. The molecule has 2 heterocycles. The second-order valence-electron chi connectivity index (χ2n) is 7.01. The van der Waals surface area contributed by atoms with Crippen LogP contribution in [0, 0.1) is 0 Å². The van der Waals surface area contributed by atoms with Gasteiger partial charge < -0.3 is 4.42 Å². The van der Waals surface area contributed by atoms with E-state index in [-0.39, 0.29) is 27.9 Å². The van der Waals surface area contributed by atoms with E-state index in [4.69, 9.17) is 27.6 Å². The Bertz CT molecular complexity index is 1530. The number of ketones is 1. The summed E-state index contributed by atoms with van der Waals surface area (Å²) in [4.78, 5) is 20.8. The second-order valence-corrected chi connectivity index (χ2v) is 9.53. The molecule has 0 bridgehead atoms. The summed E-state index contributed by atoms with van der Waals surface area (Å²) in [6, 6.07) is 9.41. The van der Waals surface area contributed by atoms with E-state index < -0.39 is 37.5 Å². The Balaban J connectivity index is 1.74. The first-order valence-corrected chi connectivity index (χ1v) is 11.8. The molecular formula is C22H12Cl2F3N3O4S. The predicted molar refractivity (Wildman–Crippen MR) is 122 cm³/mol. The van der Waals surface area contributed by atoms with Crippen molar-refractivity contribution < 1.29 is 30.8 Å². The number of hydrogen-bond donors (Lipinski definition) is 1. The summed E-state index contributed by atoms with van der Waals surface area (Å²) < 4.78 is 72.2. The summed E-state index contributed by atoms with van der Waals surface area (Å²) in [5.41, 5.74) is -1.34. The number of anilines is 1. The summed E-state index contributed by atoms with van der Waals surface area (Å²) in [7, 11) is -4.49. The van der Waals surface area contributed by atoms with Crippen LogP contribution in [0.25, 0.3) is 11.5 Å². The highest BCUT2D eigenvalue weighted by Crippen LogP contribution is 2.36. The van der Waals surface area contributed by atoms with Crippen LogP contribution < -0.4 is 4.72 Å². The van der Waals surface area contributed by atoms with Crippen molar-refractivity contribution in [2.24, 2.45) is 0 Å². The fourth-order valence-electron chi connectivity index (χ4n) is 3.15. The molecule has 0 fully saturated rings. The average Bonchev–Trinajstić information content (AvgIpc) is 3.32. The van der Waals surface area contributed by atoms with Crippen LogP contribution in [0.1, 0.15) is 21.6 Å². The Hall–Kier alpha value is -3.41. The lowest BCUT2D eigenvalue weighted by molar-refractivity contribution is -0.137. The topological polar surface area (TPSA) is 102 Å². The minimum Gasteiger partial charge on any atom is -0.445 e. The first-order valence-electron chi connectivity index (χ1n) is 9.56. The molecule has 180 valence electrons. The van der Waals surface area contributed by atoms with Crippen molar-refractivity contribution in [3.8, 4) is 11.5 Å². The Kier molecular flexibility index (Phi) is 6.58. The molecule has 35 heavy (non-hydrogen) atoms. The standard InChI is InChI=1S/C22H12Cl2F3N3O4S/c23-12-9-18(30-35(32,33)13-5-6-16(17(24)10-13)22(25,26)27)19(29-11-12)20(31)14-3-1-2-4-15(14)21-28-7-8-34-21/h1-11,30H. The molecule has 0 aliphatic heterocycles. The largest absolute Gasteiger partial charge is 0.445 e. The molecule has 2 aromatic heterocycles. The molecule has 0 unspecified atom stereocenters. The number of aromatic nitrogens is 2. The minimum absolute atomic E-state index is 0.00527. The fraction of sp³-hybridized carbons (Fsp3) is 0.0455. The number of halogens is 5. The third-order valence-corrected chi connectivity index (χ3v) is 6.59.